The Morgan fingerprint density at radius 3 is 2.57 bits per heavy atom. The van der Waals surface area contributed by atoms with Crippen molar-refractivity contribution in [1.29, 1.82) is 0 Å². The zero-order chi connectivity index (χ0) is 21.6. The van der Waals surface area contributed by atoms with Crippen molar-refractivity contribution in [1.82, 2.24) is 15.1 Å². The Hall–Kier alpha value is -2.46. The smallest absolute Gasteiger partial charge is 0.330 e. The first kappa shape index (κ1) is 20.8. The van der Waals surface area contributed by atoms with Crippen LogP contribution in [0.2, 0.25) is 0 Å². The average Bonchev–Trinajstić information content (AvgIpc) is 3.23. The Kier molecular flexibility index (Phi) is 5.31. The first-order valence-electron chi connectivity index (χ1n) is 9.93. The molecule has 3 N–H and O–H groups in total. The van der Waals surface area contributed by atoms with Crippen molar-refractivity contribution >= 4 is 17.7 Å². The van der Waals surface area contributed by atoms with Gasteiger partial charge in [-0.15, -0.1) is 0 Å². The average molecular weight is 424 g/mol. The number of benzene rings is 1. The van der Waals surface area contributed by atoms with E-state index < -0.39 is 30.0 Å². The number of likely N-dealkylation sites (tertiary alicyclic amines) is 1. The molecule has 162 valence electrons. The minimum absolute atomic E-state index is 0.0235. The molecule has 10 heteroatoms. The molecule has 0 saturated carbocycles. The number of carbonyl (C=O) groups is 3. The molecule has 3 aliphatic heterocycles. The molecule has 1 aromatic carbocycles. The van der Waals surface area contributed by atoms with Crippen molar-refractivity contribution in [3.8, 4) is 0 Å². The minimum Gasteiger partial charge on any atom is -0.330 e. The van der Waals surface area contributed by atoms with E-state index in [4.69, 9.17) is 5.73 Å². The lowest BCUT2D eigenvalue weighted by Gasteiger charge is -2.29. The zero-order valence-corrected chi connectivity index (χ0v) is 16.2. The van der Waals surface area contributed by atoms with E-state index in [0.29, 0.717) is 12.1 Å². The Morgan fingerprint density at radius 2 is 1.93 bits per heavy atom. The number of piperidine rings is 1. The van der Waals surface area contributed by atoms with Crippen LogP contribution in [0.25, 0.3) is 0 Å². The molecule has 3 atom stereocenters. The summed E-state index contributed by atoms with van der Waals surface area (Å²) in [6, 6.07) is 4.59. The number of hydrogen-bond acceptors (Lipinski definition) is 5. The van der Waals surface area contributed by atoms with Gasteiger partial charge in [-0.2, -0.15) is 13.2 Å². The quantitative estimate of drug-likeness (QED) is 0.704. The number of nitrogens with zero attached hydrogens (tertiary/aromatic N) is 2. The Morgan fingerprint density at radius 1 is 1.17 bits per heavy atom. The highest BCUT2D eigenvalue weighted by Crippen LogP contribution is 2.38. The van der Waals surface area contributed by atoms with Crippen LogP contribution in [0.5, 0.6) is 0 Å². The lowest BCUT2D eigenvalue weighted by atomic mass is 9.96. The molecule has 0 radical (unpaired) electrons. The van der Waals surface area contributed by atoms with E-state index in [-0.39, 0.29) is 50.8 Å². The summed E-state index contributed by atoms with van der Waals surface area (Å²) in [5, 5.41) is 2.26. The maximum absolute atomic E-state index is 13.2. The van der Waals surface area contributed by atoms with Crippen LogP contribution in [0.1, 0.15) is 34.3 Å². The van der Waals surface area contributed by atoms with Gasteiger partial charge in [0.25, 0.3) is 5.91 Å². The topological polar surface area (TPSA) is 95.7 Å². The second kappa shape index (κ2) is 7.66. The predicted octanol–water partition coefficient (Wildman–Crippen LogP) is 1.02. The summed E-state index contributed by atoms with van der Waals surface area (Å²) in [6.07, 6.45) is -3.82. The van der Waals surface area contributed by atoms with E-state index in [1.54, 1.807) is 23.1 Å². The van der Waals surface area contributed by atoms with E-state index in [1.807, 2.05) is 0 Å². The normalized spacial score (nSPS) is 27.5. The van der Waals surface area contributed by atoms with Crippen LogP contribution < -0.4 is 11.1 Å². The molecule has 0 aliphatic carbocycles. The monoisotopic (exact) mass is 424 g/mol. The highest BCUT2D eigenvalue weighted by Gasteiger charge is 2.49. The summed E-state index contributed by atoms with van der Waals surface area (Å²) >= 11 is 0. The Balaban J connectivity index is 1.46. The van der Waals surface area contributed by atoms with Gasteiger partial charge in [0.1, 0.15) is 6.04 Å². The van der Waals surface area contributed by atoms with Crippen molar-refractivity contribution in [3.05, 3.63) is 34.9 Å². The summed E-state index contributed by atoms with van der Waals surface area (Å²) in [6.45, 7) is 0.690. The molecule has 0 spiro atoms. The van der Waals surface area contributed by atoms with Crippen molar-refractivity contribution in [3.63, 3.8) is 0 Å². The van der Waals surface area contributed by atoms with E-state index >= 15 is 0 Å². The number of halogens is 3. The Labute approximate surface area is 171 Å². The molecule has 2 fully saturated rings. The van der Waals surface area contributed by atoms with Crippen LogP contribution in [0.4, 0.5) is 13.2 Å². The fourth-order valence-corrected chi connectivity index (χ4v) is 4.66. The Bertz CT molecular complexity index is 889. The summed E-state index contributed by atoms with van der Waals surface area (Å²) < 4.78 is 39.7. The lowest BCUT2D eigenvalue weighted by molar-refractivity contribution is -0.179. The first-order valence-corrected chi connectivity index (χ1v) is 9.93. The molecule has 3 unspecified atom stereocenters. The third-order valence-electron chi connectivity index (χ3n) is 6.24. The third-order valence-corrected chi connectivity index (χ3v) is 6.24. The van der Waals surface area contributed by atoms with Gasteiger partial charge in [-0.25, -0.2) is 0 Å². The number of rotatable bonds is 4. The fraction of sp³-hybridized carbons (Fsp3) is 0.550. The van der Waals surface area contributed by atoms with Crippen LogP contribution in [-0.4, -0.2) is 59.4 Å². The van der Waals surface area contributed by atoms with E-state index in [2.05, 4.69) is 5.32 Å². The van der Waals surface area contributed by atoms with E-state index in [1.165, 1.54) is 4.90 Å². The molecule has 3 amide bonds. The molecular formula is C20H23F3N4O3. The predicted molar refractivity (Wildman–Crippen MR) is 99.9 cm³/mol. The van der Waals surface area contributed by atoms with Crippen molar-refractivity contribution in [2.24, 2.45) is 17.6 Å². The van der Waals surface area contributed by atoms with Gasteiger partial charge >= 0.3 is 6.18 Å². The number of amides is 3. The van der Waals surface area contributed by atoms with Crippen molar-refractivity contribution in [2.45, 2.75) is 38.1 Å². The van der Waals surface area contributed by atoms with Gasteiger partial charge in [0.15, 0.2) is 0 Å². The number of carbonyl (C=O) groups excluding carboxylic acids is 3. The van der Waals surface area contributed by atoms with Gasteiger partial charge in [0, 0.05) is 38.2 Å². The van der Waals surface area contributed by atoms with Gasteiger partial charge in [-0.1, -0.05) is 12.1 Å². The van der Waals surface area contributed by atoms with Crippen molar-refractivity contribution in [2.75, 3.05) is 19.6 Å². The number of fused-ring (bicyclic) bond motifs is 1. The molecule has 1 aromatic rings. The summed E-state index contributed by atoms with van der Waals surface area (Å²) in [7, 11) is 0. The number of hydrogen-bond donors (Lipinski definition) is 2. The number of nitrogens with one attached hydrogen (secondary N) is 1. The van der Waals surface area contributed by atoms with Crippen LogP contribution in [0.3, 0.4) is 0 Å². The molecular weight excluding hydrogens is 401 g/mol. The minimum atomic E-state index is -4.28. The summed E-state index contributed by atoms with van der Waals surface area (Å²) in [4.78, 5) is 39.5. The largest absolute Gasteiger partial charge is 0.393 e. The maximum Gasteiger partial charge on any atom is 0.393 e. The standard InChI is InChI=1S/C20H23F3N4O3/c21-20(22,23)15-10-26(8-13(15)6-24)7-11-1-2-12-9-27(19(30)14(12)5-11)16-3-4-17(28)25-18(16)29/h1-2,5,13,15-16H,3-4,6-10,24H2,(H,25,28,29). The van der Waals surface area contributed by atoms with Crippen molar-refractivity contribution < 1.29 is 27.6 Å². The molecule has 3 aliphatic rings. The molecule has 2 saturated heterocycles. The molecule has 30 heavy (non-hydrogen) atoms. The zero-order valence-electron chi connectivity index (χ0n) is 16.2. The summed E-state index contributed by atoms with van der Waals surface area (Å²) in [5.74, 6) is -3.20. The van der Waals surface area contributed by atoms with E-state index in [9.17, 15) is 27.6 Å². The first-order chi connectivity index (χ1) is 14.2. The van der Waals surface area contributed by atoms with Crippen LogP contribution in [0, 0.1) is 11.8 Å². The SMILES string of the molecule is NCC1CN(Cc2ccc3c(c2)C(=O)N(C2CCC(=O)NC2=O)C3)CC1C(F)(F)F. The van der Waals surface area contributed by atoms with Gasteiger partial charge in [0.2, 0.25) is 11.8 Å². The fourth-order valence-electron chi connectivity index (χ4n) is 4.66. The number of alkyl halides is 3. The molecule has 0 bridgehead atoms. The number of imide groups is 1. The molecule has 0 aromatic heterocycles. The van der Waals surface area contributed by atoms with E-state index in [0.717, 1.165) is 11.1 Å². The van der Waals surface area contributed by atoms with Crippen LogP contribution >= 0.6 is 0 Å². The van der Waals surface area contributed by atoms with Gasteiger partial charge < -0.3 is 10.6 Å². The van der Waals surface area contributed by atoms with Gasteiger partial charge in [0.05, 0.1) is 5.92 Å². The second-order valence-corrected chi connectivity index (χ2v) is 8.23. The summed E-state index contributed by atoms with van der Waals surface area (Å²) in [5.41, 5.74) is 7.51. The maximum atomic E-state index is 13.2. The highest BCUT2D eigenvalue weighted by molar-refractivity contribution is 6.05. The lowest BCUT2D eigenvalue weighted by Crippen LogP contribution is -2.52. The second-order valence-electron chi connectivity index (χ2n) is 8.23. The van der Waals surface area contributed by atoms with Gasteiger partial charge in [-0.3, -0.25) is 24.6 Å². The molecule has 3 heterocycles. The molecule has 4 rings (SSSR count). The van der Waals surface area contributed by atoms with Crippen LogP contribution in [0.15, 0.2) is 18.2 Å². The van der Waals surface area contributed by atoms with Crippen LogP contribution in [-0.2, 0) is 22.7 Å². The highest BCUT2D eigenvalue weighted by atomic mass is 19.4. The third kappa shape index (κ3) is 3.81. The number of nitrogens with two attached hydrogens (primary N) is 1. The molecule has 7 nitrogen and oxygen atoms in total. The van der Waals surface area contributed by atoms with Gasteiger partial charge in [-0.05, 0) is 36.1 Å².